The minimum Gasteiger partial charge on any atom is -0.344 e. The molecule has 3 aromatic carbocycles. The van der Waals surface area contributed by atoms with Crippen molar-refractivity contribution in [3.8, 4) is 0 Å². The van der Waals surface area contributed by atoms with Crippen LogP contribution in [0.2, 0.25) is 0 Å². The molecule has 0 aliphatic rings. The number of carbonyl (C=O) groups is 4. The van der Waals surface area contributed by atoms with Crippen molar-refractivity contribution in [2.24, 2.45) is 0 Å². The van der Waals surface area contributed by atoms with E-state index < -0.39 is 0 Å². The SMILES string of the molecule is CC(=O)c1ccccc1.CCc1ccc(NC(=O)c2ccc(C(C)=O)cc2)cc1.CNCNC(C)=O. The molecule has 0 fully saturated rings. The molecule has 0 atom stereocenters. The van der Waals surface area contributed by atoms with Gasteiger partial charge in [0.05, 0.1) is 6.67 Å². The fourth-order valence-electron chi connectivity index (χ4n) is 2.77. The highest BCUT2D eigenvalue weighted by Gasteiger charge is 2.07. The van der Waals surface area contributed by atoms with Crippen LogP contribution in [0.15, 0.2) is 78.9 Å². The van der Waals surface area contributed by atoms with Crippen molar-refractivity contribution >= 4 is 29.1 Å². The van der Waals surface area contributed by atoms with Crippen LogP contribution >= 0.6 is 0 Å². The Morgan fingerprint density at radius 1 is 0.667 bits per heavy atom. The summed E-state index contributed by atoms with van der Waals surface area (Å²) in [6.45, 7) is 7.19. The second-order valence-electron chi connectivity index (χ2n) is 7.82. The van der Waals surface area contributed by atoms with E-state index in [9.17, 15) is 19.2 Å². The molecular weight excluding hydrogens is 454 g/mol. The molecule has 0 unspecified atom stereocenters. The first-order valence-corrected chi connectivity index (χ1v) is 11.6. The van der Waals surface area contributed by atoms with E-state index in [4.69, 9.17) is 0 Å². The van der Waals surface area contributed by atoms with Crippen molar-refractivity contribution in [1.82, 2.24) is 10.6 Å². The minimum atomic E-state index is -0.177. The van der Waals surface area contributed by atoms with E-state index in [2.05, 4.69) is 22.9 Å². The molecule has 0 spiro atoms. The number of aryl methyl sites for hydroxylation is 1. The van der Waals surface area contributed by atoms with Crippen molar-refractivity contribution < 1.29 is 19.2 Å². The van der Waals surface area contributed by atoms with Crippen molar-refractivity contribution in [3.63, 3.8) is 0 Å². The van der Waals surface area contributed by atoms with Crippen LogP contribution in [0.1, 0.15) is 64.3 Å². The predicted octanol–water partition coefficient (Wildman–Crippen LogP) is 4.89. The monoisotopic (exact) mass is 489 g/mol. The first kappa shape index (κ1) is 29.9. The maximum Gasteiger partial charge on any atom is 0.255 e. The molecular formula is C29H35N3O4. The van der Waals surface area contributed by atoms with Gasteiger partial charge in [0.2, 0.25) is 5.91 Å². The first-order valence-electron chi connectivity index (χ1n) is 11.6. The largest absolute Gasteiger partial charge is 0.344 e. The van der Waals surface area contributed by atoms with Crippen LogP contribution < -0.4 is 16.0 Å². The Morgan fingerprint density at radius 2 is 1.17 bits per heavy atom. The standard InChI is InChI=1S/C17H17NO2.C8H8O.C4H10N2O/c1-3-13-4-10-16(11-5-13)18-17(20)15-8-6-14(7-9-15)12(2)19;1-7(9)8-5-3-2-4-6-8;1-4(7)6-3-5-2/h4-11H,3H2,1-2H3,(H,18,20);2-6H,1H3;5H,3H2,1-2H3,(H,6,7). The maximum atomic E-state index is 12.1. The molecule has 0 aliphatic heterocycles. The highest BCUT2D eigenvalue weighted by Crippen LogP contribution is 2.12. The summed E-state index contributed by atoms with van der Waals surface area (Å²) in [5.41, 5.74) is 3.91. The lowest BCUT2D eigenvalue weighted by atomic mass is 10.1. The van der Waals surface area contributed by atoms with E-state index in [1.807, 2.05) is 54.6 Å². The number of anilines is 1. The molecule has 2 amide bonds. The number of carbonyl (C=O) groups excluding carboxylic acids is 4. The molecule has 0 saturated heterocycles. The molecule has 190 valence electrons. The van der Waals surface area contributed by atoms with Gasteiger partial charge in [-0.2, -0.15) is 0 Å². The number of hydrogen-bond donors (Lipinski definition) is 3. The highest BCUT2D eigenvalue weighted by molar-refractivity contribution is 6.05. The number of amides is 2. The molecule has 0 radical (unpaired) electrons. The summed E-state index contributed by atoms with van der Waals surface area (Å²) >= 11 is 0. The zero-order valence-corrected chi connectivity index (χ0v) is 21.6. The lowest BCUT2D eigenvalue weighted by Crippen LogP contribution is -2.29. The summed E-state index contributed by atoms with van der Waals surface area (Å²) in [4.78, 5) is 43.9. The first-order chi connectivity index (χ1) is 17.2. The quantitative estimate of drug-likeness (QED) is 0.324. The highest BCUT2D eigenvalue weighted by atomic mass is 16.2. The Balaban J connectivity index is 0.000000333. The fourth-order valence-corrected chi connectivity index (χ4v) is 2.77. The molecule has 3 rings (SSSR count). The summed E-state index contributed by atoms with van der Waals surface area (Å²) in [5.74, 6) is -0.0681. The predicted molar refractivity (Wildman–Crippen MR) is 144 cm³/mol. The van der Waals surface area contributed by atoms with Crippen LogP contribution in [-0.4, -0.2) is 37.1 Å². The Hall–Kier alpha value is -4.10. The van der Waals surface area contributed by atoms with Gasteiger partial charge in [0.15, 0.2) is 11.6 Å². The van der Waals surface area contributed by atoms with Gasteiger partial charge in [0, 0.05) is 29.3 Å². The molecule has 0 bridgehead atoms. The number of Topliss-reactive ketones (excluding diaryl/α,β-unsaturated/α-hetero) is 2. The molecule has 7 heteroatoms. The number of rotatable bonds is 7. The van der Waals surface area contributed by atoms with E-state index >= 15 is 0 Å². The van der Waals surface area contributed by atoms with Gasteiger partial charge in [-0.05, 0) is 57.1 Å². The second kappa shape index (κ2) is 16.5. The van der Waals surface area contributed by atoms with Gasteiger partial charge >= 0.3 is 0 Å². The zero-order valence-electron chi connectivity index (χ0n) is 21.6. The third-order valence-electron chi connectivity index (χ3n) is 4.87. The number of nitrogens with one attached hydrogen (secondary N) is 3. The normalized spacial score (nSPS) is 9.47. The third kappa shape index (κ3) is 11.9. The molecule has 7 nitrogen and oxygen atoms in total. The Kier molecular flexibility index (Phi) is 13.7. The lowest BCUT2D eigenvalue weighted by molar-refractivity contribution is -0.119. The van der Waals surface area contributed by atoms with E-state index in [1.54, 1.807) is 38.2 Å². The second-order valence-corrected chi connectivity index (χ2v) is 7.82. The van der Waals surface area contributed by atoms with Crippen LogP contribution in [-0.2, 0) is 11.2 Å². The van der Waals surface area contributed by atoms with E-state index in [0.29, 0.717) is 17.8 Å². The maximum absolute atomic E-state index is 12.1. The average molecular weight is 490 g/mol. The minimum absolute atomic E-state index is 0.00523. The van der Waals surface area contributed by atoms with Gasteiger partial charge in [-0.15, -0.1) is 0 Å². The number of benzene rings is 3. The zero-order chi connectivity index (χ0) is 26.9. The van der Waals surface area contributed by atoms with E-state index in [-0.39, 0.29) is 23.4 Å². The molecule has 0 heterocycles. The van der Waals surface area contributed by atoms with Crippen LogP contribution in [0.5, 0.6) is 0 Å². The molecule has 3 N–H and O–H groups in total. The Morgan fingerprint density at radius 3 is 1.56 bits per heavy atom. The van der Waals surface area contributed by atoms with Gasteiger partial charge in [-0.3, -0.25) is 19.2 Å². The summed E-state index contributed by atoms with van der Waals surface area (Å²) in [5, 5.41) is 8.15. The average Bonchev–Trinajstić information content (AvgIpc) is 2.89. The molecule has 0 aliphatic carbocycles. The Bertz CT molecular complexity index is 1110. The van der Waals surface area contributed by atoms with Crippen LogP contribution in [0, 0.1) is 0 Å². The van der Waals surface area contributed by atoms with E-state index in [0.717, 1.165) is 17.7 Å². The van der Waals surface area contributed by atoms with Gasteiger partial charge in [0.1, 0.15) is 0 Å². The molecule has 0 saturated carbocycles. The smallest absolute Gasteiger partial charge is 0.255 e. The Labute approximate surface area is 213 Å². The van der Waals surface area contributed by atoms with Gasteiger partial charge in [0.25, 0.3) is 5.91 Å². The van der Waals surface area contributed by atoms with Gasteiger partial charge in [-0.25, -0.2) is 0 Å². The van der Waals surface area contributed by atoms with Crippen LogP contribution in [0.3, 0.4) is 0 Å². The molecule has 36 heavy (non-hydrogen) atoms. The van der Waals surface area contributed by atoms with Crippen molar-refractivity contribution in [1.29, 1.82) is 0 Å². The van der Waals surface area contributed by atoms with Crippen molar-refractivity contribution in [2.45, 2.75) is 34.1 Å². The lowest BCUT2D eigenvalue weighted by Gasteiger charge is -2.06. The summed E-state index contributed by atoms with van der Waals surface area (Å²) in [7, 11) is 1.77. The van der Waals surface area contributed by atoms with Crippen LogP contribution in [0.25, 0.3) is 0 Å². The van der Waals surface area contributed by atoms with E-state index in [1.165, 1.54) is 19.4 Å². The third-order valence-corrected chi connectivity index (χ3v) is 4.87. The summed E-state index contributed by atoms with van der Waals surface area (Å²) in [6.07, 6.45) is 0.973. The summed E-state index contributed by atoms with van der Waals surface area (Å²) < 4.78 is 0. The topological polar surface area (TPSA) is 104 Å². The van der Waals surface area contributed by atoms with Crippen molar-refractivity contribution in [3.05, 3.63) is 101 Å². The van der Waals surface area contributed by atoms with Gasteiger partial charge in [-0.1, -0.05) is 61.5 Å². The number of hydrogen-bond acceptors (Lipinski definition) is 5. The number of ketones is 2. The fraction of sp³-hybridized carbons (Fsp3) is 0.241. The molecule has 3 aromatic rings. The summed E-state index contributed by atoms with van der Waals surface area (Å²) in [6, 6.07) is 23.6. The van der Waals surface area contributed by atoms with Gasteiger partial charge < -0.3 is 16.0 Å². The van der Waals surface area contributed by atoms with Crippen LogP contribution in [0.4, 0.5) is 5.69 Å². The van der Waals surface area contributed by atoms with Crippen molar-refractivity contribution in [2.75, 3.05) is 19.0 Å². The molecule has 0 aromatic heterocycles.